The number of carboxylic acids is 1. The molecule has 108 valence electrons. The van der Waals surface area contributed by atoms with Crippen LogP contribution < -0.4 is 10.1 Å². The molecule has 0 radical (unpaired) electrons. The number of carbonyl (C=O) groups excluding carboxylic acids is 1. The molecule has 0 saturated heterocycles. The molecule has 20 heavy (non-hydrogen) atoms. The number of carbonyl (C=O) groups is 2. The number of nitrogens with zero attached hydrogens (tertiary/aromatic N) is 1. The van der Waals surface area contributed by atoms with Crippen molar-refractivity contribution < 1.29 is 19.4 Å². The van der Waals surface area contributed by atoms with Gasteiger partial charge in [0.15, 0.2) is 0 Å². The number of methoxy groups -OCH3 is 1. The zero-order valence-electron chi connectivity index (χ0n) is 11.7. The van der Waals surface area contributed by atoms with E-state index in [-0.39, 0.29) is 5.91 Å². The topological polar surface area (TPSA) is 88.5 Å². The summed E-state index contributed by atoms with van der Waals surface area (Å²) in [6.07, 6.45) is 1.62. The summed E-state index contributed by atoms with van der Waals surface area (Å²) in [6.45, 7) is 3.92. The summed E-state index contributed by atoms with van der Waals surface area (Å²) >= 11 is 0. The van der Waals surface area contributed by atoms with E-state index in [2.05, 4.69) is 10.3 Å². The SMILES string of the molecule is COc1ccc(CNC(=O)C2C(C(=O)O)C2(C)C)cn1. The summed E-state index contributed by atoms with van der Waals surface area (Å²) in [5.41, 5.74) is 0.359. The Morgan fingerprint density at radius 3 is 2.55 bits per heavy atom. The standard InChI is InChI=1S/C14H18N2O4/c1-14(2)10(11(14)13(18)19)12(17)16-7-8-4-5-9(20-3)15-6-8/h4-6,10-11H,7H2,1-3H3,(H,16,17)(H,18,19). The predicted molar refractivity (Wildman–Crippen MR) is 71.0 cm³/mol. The number of ether oxygens (including phenoxy) is 1. The number of amides is 1. The monoisotopic (exact) mass is 278 g/mol. The normalized spacial score (nSPS) is 22.9. The lowest BCUT2D eigenvalue weighted by atomic mass is 10.1. The van der Waals surface area contributed by atoms with Gasteiger partial charge in [-0.15, -0.1) is 0 Å². The molecule has 0 aromatic carbocycles. The minimum Gasteiger partial charge on any atom is -0.481 e. The fourth-order valence-corrected chi connectivity index (χ4v) is 2.52. The van der Waals surface area contributed by atoms with Crippen molar-refractivity contribution >= 4 is 11.9 Å². The third kappa shape index (κ3) is 2.59. The van der Waals surface area contributed by atoms with Crippen molar-refractivity contribution in [3.05, 3.63) is 23.9 Å². The molecule has 0 spiro atoms. The first-order valence-corrected chi connectivity index (χ1v) is 6.37. The largest absolute Gasteiger partial charge is 0.481 e. The maximum atomic E-state index is 12.0. The van der Waals surface area contributed by atoms with Crippen molar-refractivity contribution in [2.45, 2.75) is 20.4 Å². The Bertz CT molecular complexity index is 524. The van der Waals surface area contributed by atoms with Crippen molar-refractivity contribution in [1.29, 1.82) is 0 Å². The summed E-state index contributed by atoms with van der Waals surface area (Å²) in [6, 6.07) is 3.52. The fraction of sp³-hybridized carbons (Fsp3) is 0.500. The maximum absolute atomic E-state index is 12.0. The highest BCUT2D eigenvalue weighted by molar-refractivity contribution is 5.91. The van der Waals surface area contributed by atoms with Crippen LogP contribution in [0.2, 0.25) is 0 Å². The van der Waals surface area contributed by atoms with Gasteiger partial charge in [0.25, 0.3) is 0 Å². The van der Waals surface area contributed by atoms with Gasteiger partial charge in [-0.2, -0.15) is 0 Å². The summed E-state index contributed by atoms with van der Waals surface area (Å²) in [5.74, 6) is -1.70. The molecule has 0 bridgehead atoms. The Morgan fingerprint density at radius 1 is 1.40 bits per heavy atom. The van der Waals surface area contributed by atoms with Crippen LogP contribution in [-0.2, 0) is 16.1 Å². The zero-order valence-corrected chi connectivity index (χ0v) is 11.7. The minimum atomic E-state index is -0.915. The molecule has 1 fully saturated rings. The highest BCUT2D eigenvalue weighted by atomic mass is 16.5. The highest BCUT2D eigenvalue weighted by Crippen LogP contribution is 2.58. The molecule has 1 aromatic heterocycles. The van der Waals surface area contributed by atoms with Crippen LogP contribution >= 0.6 is 0 Å². The van der Waals surface area contributed by atoms with Gasteiger partial charge in [-0.05, 0) is 11.0 Å². The fourth-order valence-electron chi connectivity index (χ4n) is 2.52. The summed E-state index contributed by atoms with van der Waals surface area (Å²) in [4.78, 5) is 27.1. The van der Waals surface area contributed by atoms with Gasteiger partial charge in [0.2, 0.25) is 11.8 Å². The van der Waals surface area contributed by atoms with E-state index < -0.39 is 23.2 Å². The number of hydrogen-bond acceptors (Lipinski definition) is 4. The molecule has 6 heteroatoms. The average molecular weight is 278 g/mol. The van der Waals surface area contributed by atoms with Crippen LogP contribution in [0.25, 0.3) is 0 Å². The Morgan fingerprint density at radius 2 is 2.10 bits per heavy atom. The molecule has 2 N–H and O–H groups in total. The number of aromatic nitrogens is 1. The van der Waals surface area contributed by atoms with Gasteiger partial charge in [0.05, 0.1) is 18.9 Å². The van der Waals surface area contributed by atoms with Gasteiger partial charge >= 0.3 is 5.97 Å². The highest BCUT2D eigenvalue weighted by Gasteiger charge is 2.65. The van der Waals surface area contributed by atoms with Crippen LogP contribution in [0.4, 0.5) is 0 Å². The van der Waals surface area contributed by atoms with Crippen LogP contribution in [-0.4, -0.2) is 29.1 Å². The second-order valence-corrected chi connectivity index (χ2v) is 5.54. The molecular formula is C14H18N2O4. The molecule has 1 aliphatic rings. The predicted octanol–water partition coefficient (Wildman–Crippen LogP) is 1.06. The van der Waals surface area contributed by atoms with Crippen LogP contribution in [0.5, 0.6) is 5.88 Å². The molecule has 2 unspecified atom stereocenters. The van der Waals surface area contributed by atoms with Crippen LogP contribution in [0.3, 0.4) is 0 Å². The Balaban J connectivity index is 1.91. The van der Waals surface area contributed by atoms with E-state index >= 15 is 0 Å². The number of hydrogen-bond donors (Lipinski definition) is 2. The lowest BCUT2D eigenvalue weighted by molar-refractivity contribution is -0.140. The van der Waals surface area contributed by atoms with E-state index in [0.717, 1.165) is 5.56 Å². The first-order valence-electron chi connectivity index (χ1n) is 6.37. The first-order chi connectivity index (χ1) is 9.37. The zero-order chi connectivity index (χ0) is 14.9. The smallest absolute Gasteiger partial charge is 0.307 e. The molecule has 1 aliphatic carbocycles. The molecule has 1 saturated carbocycles. The molecule has 1 amide bonds. The van der Waals surface area contributed by atoms with Crippen molar-refractivity contribution in [3.8, 4) is 5.88 Å². The van der Waals surface area contributed by atoms with E-state index in [9.17, 15) is 9.59 Å². The van der Waals surface area contributed by atoms with Gasteiger partial charge in [-0.25, -0.2) is 4.98 Å². The van der Waals surface area contributed by atoms with Crippen LogP contribution in [0.1, 0.15) is 19.4 Å². The minimum absolute atomic E-state index is 0.224. The quantitative estimate of drug-likeness (QED) is 0.841. The Labute approximate surface area is 117 Å². The lowest BCUT2D eigenvalue weighted by Gasteiger charge is -2.06. The van der Waals surface area contributed by atoms with E-state index in [1.807, 2.05) is 0 Å². The lowest BCUT2D eigenvalue weighted by Crippen LogP contribution is -2.26. The molecule has 1 heterocycles. The van der Waals surface area contributed by atoms with Crippen LogP contribution in [0.15, 0.2) is 18.3 Å². The van der Waals surface area contributed by atoms with E-state index in [1.54, 1.807) is 32.2 Å². The van der Waals surface area contributed by atoms with E-state index in [4.69, 9.17) is 9.84 Å². The second-order valence-electron chi connectivity index (χ2n) is 5.54. The number of nitrogens with one attached hydrogen (secondary N) is 1. The number of carboxylic acid groups (broad SMARTS) is 1. The summed E-state index contributed by atoms with van der Waals surface area (Å²) in [7, 11) is 1.53. The third-order valence-corrected chi connectivity index (χ3v) is 3.85. The molecule has 2 atom stereocenters. The molecule has 1 aromatic rings. The van der Waals surface area contributed by atoms with Gasteiger partial charge in [0.1, 0.15) is 0 Å². The first kappa shape index (κ1) is 14.3. The summed E-state index contributed by atoms with van der Waals surface area (Å²) < 4.78 is 4.95. The van der Waals surface area contributed by atoms with Gasteiger partial charge in [-0.1, -0.05) is 19.9 Å². The third-order valence-electron chi connectivity index (χ3n) is 3.85. The number of pyridine rings is 1. The van der Waals surface area contributed by atoms with Gasteiger partial charge in [-0.3, -0.25) is 9.59 Å². The molecule has 6 nitrogen and oxygen atoms in total. The second kappa shape index (κ2) is 5.11. The van der Waals surface area contributed by atoms with E-state index in [1.165, 1.54) is 7.11 Å². The Kier molecular flexibility index (Phi) is 3.65. The maximum Gasteiger partial charge on any atom is 0.307 e. The van der Waals surface area contributed by atoms with Crippen molar-refractivity contribution in [2.75, 3.05) is 7.11 Å². The van der Waals surface area contributed by atoms with Gasteiger partial charge < -0.3 is 15.2 Å². The Hall–Kier alpha value is -2.11. The average Bonchev–Trinajstić information content (AvgIpc) is 3.00. The van der Waals surface area contributed by atoms with Crippen molar-refractivity contribution in [1.82, 2.24) is 10.3 Å². The molecular weight excluding hydrogens is 260 g/mol. The molecule has 2 rings (SSSR count). The molecule has 0 aliphatic heterocycles. The van der Waals surface area contributed by atoms with Crippen molar-refractivity contribution in [3.63, 3.8) is 0 Å². The number of aliphatic carboxylic acids is 1. The number of rotatable bonds is 5. The van der Waals surface area contributed by atoms with Gasteiger partial charge in [0, 0.05) is 18.8 Å². The van der Waals surface area contributed by atoms with Crippen molar-refractivity contribution in [2.24, 2.45) is 17.3 Å². The van der Waals surface area contributed by atoms with Crippen LogP contribution in [0, 0.1) is 17.3 Å². The van der Waals surface area contributed by atoms with E-state index in [0.29, 0.717) is 12.4 Å². The summed E-state index contributed by atoms with van der Waals surface area (Å²) in [5, 5.41) is 11.8.